The molecule has 0 saturated heterocycles. The van der Waals surface area contributed by atoms with Gasteiger partial charge in [-0.05, 0) is 48.5 Å². The molecule has 0 fully saturated rings. The van der Waals surface area contributed by atoms with E-state index >= 15 is 0 Å². The van der Waals surface area contributed by atoms with Crippen LogP contribution in [0.25, 0.3) is 5.65 Å². The average molecular weight is 396 g/mol. The van der Waals surface area contributed by atoms with Crippen molar-refractivity contribution in [2.45, 2.75) is 6.18 Å². The van der Waals surface area contributed by atoms with Crippen LogP contribution in [0.2, 0.25) is 0 Å². The van der Waals surface area contributed by atoms with E-state index < -0.39 is 11.9 Å². The number of benzene rings is 2. The predicted octanol–water partition coefficient (Wildman–Crippen LogP) is 5.35. The van der Waals surface area contributed by atoms with Crippen molar-refractivity contribution >= 4 is 28.7 Å². The molecule has 5 nitrogen and oxygen atoms in total. The maximum Gasteiger partial charge on any atom is 0.434 e. The van der Waals surface area contributed by atoms with Crippen molar-refractivity contribution in [2.75, 3.05) is 10.6 Å². The number of amides is 1. The molecule has 0 atom stereocenters. The zero-order valence-corrected chi connectivity index (χ0v) is 14.9. The molecule has 0 radical (unpaired) electrons. The fourth-order valence-corrected chi connectivity index (χ4v) is 2.83. The van der Waals surface area contributed by atoms with Gasteiger partial charge in [0.15, 0.2) is 5.69 Å². The number of nitrogens with one attached hydrogen (secondary N) is 2. The molecule has 1 amide bonds. The molecule has 8 heteroatoms. The van der Waals surface area contributed by atoms with Crippen molar-refractivity contribution in [3.05, 3.63) is 90.3 Å². The van der Waals surface area contributed by atoms with Crippen LogP contribution >= 0.6 is 0 Å². The van der Waals surface area contributed by atoms with Gasteiger partial charge in [-0.3, -0.25) is 9.20 Å². The summed E-state index contributed by atoms with van der Waals surface area (Å²) in [5.41, 5.74) is 1.03. The number of nitrogens with zero attached hydrogens (tertiary/aromatic N) is 2. The van der Waals surface area contributed by atoms with Gasteiger partial charge in [0.1, 0.15) is 11.5 Å². The van der Waals surface area contributed by atoms with Crippen molar-refractivity contribution in [1.29, 1.82) is 0 Å². The van der Waals surface area contributed by atoms with Gasteiger partial charge < -0.3 is 10.6 Å². The Morgan fingerprint density at radius 3 is 2.24 bits per heavy atom. The van der Waals surface area contributed by atoms with Crippen LogP contribution in [0.3, 0.4) is 0 Å². The molecule has 2 N–H and O–H groups in total. The van der Waals surface area contributed by atoms with Crippen molar-refractivity contribution in [3.8, 4) is 0 Å². The molecule has 0 aliphatic carbocycles. The van der Waals surface area contributed by atoms with Gasteiger partial charge in [-0.25, -0.2) is 4.98 Å². The molecule has 2 aromatic heterocycles. The zero-order valence-electron chi connectivity index (χ0n) is 14.9. The number of hydrogen-bond acceptors (Lipinski definition) is 3. The second-order valence-electron chi connectivity index (χ2n) is 6.29. The van der Waals surface area contributed by atoms with Crippen LogP contribution in [0.1, 0.15) is 16.1 Å². The minimum atomic E-state index is -4.51. The van der Waals surface area contributed by atoms with Crippen molar-refractivity contribution in [2.24, 2.45) is 0 Å². The summed E-state index contributed by atoms with van der Waals surface area (Å²) in [7, 11) is 0. The van der Waals surface area contributed by atoms with Crippen LogP contribution in [0.5, 0.6) is 0 Å². The number of carbonyl (C=O) groups excluding carboxylic acids is 1. The Morgan fingerprint density at radius 1 is 0.862 bits per heavy atom. The summed E-state index contributed by atoms with van der Waals surface area (Å²) in [6, 6.07) is 20.5. The number of carbonyl (C=O) groups is 1. The average Bonchev–Trinajstić information content (AvgIpc) is 3.16. The molecule has 29 heavy (non-hydrogen) atoms. The summed E-state index contributed by atoms with van der Waals surface area (Å²) in [6.45, 7) is 0. The summed E-state index contributed by atoms with van der Waals surface area (Å²) < 4.78 is 40.1. The lowest BCUT2D eigenvalue weighted by atomic mass is 10.2. The molecule has 0 saturated carbocycles. The minimum absolute atomic E-state index is 0.189. The van der Waals surface area contributed by atoms with Gasteiger partial charge in [-0.2, -0.15) is 13.2 Å². The first-order valence-corrected chi connectivity index (χ1v) is 8.69. The molecular formula is C21H15F3N4O. The SMILES string of the molecule is O=C(Nc1ccc(Nc2cccc3nc(C(F)(F)F)cn23)cc1)c1ccccc1. The third-order valence-electron chi connectivity index (χ3n) is 4.23. The number of rotatable bonds is 4. The Bertz CT molecular complexity index is 1150. The Balaban J connectivity index is 1.52. The van der Waals surface area contributed by atoms with Crippen LogP contribution in [0.4, 0.5) is 30.4 Å². The summed E-state index contributed by atoms with van der Waals surface area (Å²) in [4.78, 5) is 15.8. The van der Waals surface area contributed by atoms with Crippen LogP contribution < -0.4 is 10.6 Å². The molecule has 0 spiro atoms. The minimum Gasteiger partial charge on any atom is -0.341 e. The standard InChI is InChI=1S/C21H15F3N4O/c22-21(23,24)17-13-28-18(7-4-8-19(28)27-17)25-15-9-11-16(12-10-15)26-20(29)14-5-2-1-3-6-14/h1-13,25H,(H,26,29). The third kappa shape index (κ3) is 4.06. The summed E-state index contributed by atoms with van der Waals surface area (Å²) >= 11 is 0. The molecule has 4 aromatic rings. The maximum atomic E-state index is 12.9. The van der Waals surface area contributed by atoms with E-state index in [2.05, 4.69) is 15.6 Å². The Hall–Kier alpha value is -3.81. The number of pyridine rings is 1. The van der Waals surface area contributed by atoms with E-state index in [1.807, 2.05) is 6.07 Å². The van der Waals surface area contributed by atoms with Crippen LogP contribution in [0.15, 0.2) is 79.0 Å². The van der Waals surface area contributed by atoms with E-state index in [9.17, 15) is 18.0 Å². The van der Waals surface area contributed by atoms with E-state index in [0.29, 0.717) is 22.8 Å². The highest BCUT2D eigenvalue weighted by Gasteiger charge is 2.34. The monoisotopic (exact) mass is 396 g/mol. The second-order valence-corrected chi connectivity index (χ2v) is 6.29. The van der Waals surface area contributed by atoms with Gasteiger partial charge in [0, 0.05) is 23.1 Å². The third-order valence-corrected chi connectivity index (χ3v) is 4.23. The van der Waals surface area contributed by atoms with Gasteiger partial charge in [0.2, 0.25) is 0 Å². The molecule has 0 aliphatic rings. The highest BCUT2D eigenvalue weighted by molar-refractivity contribution is 6.04. The highest BCUT2D eigenvalue weighted by Crippen LogP contribution is 2.30. The lowest BCUT2D eigenvalue weighted by Gasteiger charge is -2.10. The molecule has 0 unspecified atom stereocenters. The lowest BCUT2D eigenvalue weighted by molar-refractivity contribution is -0.140. The Kier molecular flexibility index (Phi) is 4.67. The van der Waals surface area contributed by atoms with Crippen molar-refractivity contribution in [1.82, 2.24) is 9.38 Å². The smallest absolute Gasteiger partial charge is 0.341 e. The first-order valence-electron chi connectivity index (χ1n) is 8.69. The topological polar surface area (TPSA) is 58.4 Å². The number of aromatic nitrogens is 2. The largest absolute Gasteiger partial charge is 0.434 e. The molecule has 0 aliphatic heterocycles. The van der Waals surface area contributed by atoms with Gasteiger partial charge in [0.05, 0.1) is 0 Å². The fraction of sp³-hybridized carbons (Fsp3) is 0.0476. The zero-order chi connectivity index (χ0) is 20.4. The summed E-state index contributed by atoms with van der Waals surface area (Å²) in [6.07, 6.45) is -3.56. The van der Waals surface area contributed by atoms with E-state index in [-0.39, 0.29) is 11.6 Å². The number of hydrogen-bond donors (Lipinski definition) is 2. The Labute approximate surface area is 163 Å². The number of alkyl halides is 3. The van der Waals surface area contributed by atoms with Gasteiger partial charge in [-0.15, -0.1) is 0 Å². The first-order chi connectivity index (χ1) is 13.9. The number of halogens is 3. The van der Waals surface area contributed by atoms with Crippen LogP contribution in [0, 0.1) is 0 Å². The number of fused-ring (bicyclic) bond motifs is 1. The molecule has 4 rings (SSSR count). The van der Waals surface area contributed by atoms with Gasteiger partial charge in [0.25, 0.3) is 5.91 Å². The molecule has 0 bridgehead atoms. The van der Waals surface area contributed by atoms with E-state index in [1.54, 1.807) is 60.7 Å². The van der Waals surface area contributed by atoms with Gasteiger partial charge in [-0.1, -0.05) is 24.3 Å². The Morgan fingerprint density at radius 2 is 1.55 bits per heavy atom. The van der Waals surface area contributed by atoms with Gasteiger partial charge >= 0.3 is 6.18 Å². The lowest BCUT2D eigenvalue weighted by Crippen LogP contribution is -2.11. The normalized spacial score (nSPS) is 11.4. The van der Waals surface area contributed by atoms with Crippen LogP contribution in [-0.2, 0) is 6.18 Å². The second kappa shape index (κ2) is 7.31. The fourth-order valence-electron chi connectivity index (χ4n) is 2.83. The van der Waals surface area contributed by atoms with Crippen molar-refractivity contribution in [3.63, 3.8) is 0 Å². The molecule has 146 valence electrons. The van der Waals surface area contributed by atoms with Crippen LogP contribution in [-0.4, -0.2) is 15.3 Å². The molecular weight excluding hydrogens is 381 g/mol. The summed E-state index contributed by atoms with van der Waals surface area (Å²) in [5, 5.41) is 5.86. The first kappa shape index (κ1) is 18.5. The van der Waals surface area contributed by atoms with Crippen molar-refractivity contribution < 1.29 is 18.0 Å². The quantitative estimate of drug-likeness (QED) is 0.489. The van der Waals surface area contributed by atoms with E-state index in [4.69, 9.17) is 0 Å². The molecule has 2 heterocycles. The highest BCUT2D eigenvalue weighted by atomic mass is 19.4. The maximum absolute atomic E-state index is 12.9. The molecule has 2 aromatic carbocycles. The number of anilines is 3. The predicted molar refractivity (Wildman–Crippen MR) is 104 cm³/mol. The summed E-state index contributed by atoms with van der Waals surface area (Å²) in [5.74, 6) is 0.209. The van der Waals surface area contributed by atoms with E-state index in [0.717, 1.165) is 6.20 Å². The number of imidazole rings is 1. The van der Waals surface area contributed by atoms with E-state index in [1.165, 1.54) is 10.5 Å².